The second-order valence-corrected chi connectivity index (χ2v) is 15.7. The van der Waals surface area contributed by atoms with E-state index in [1.54, 1.807) is 0 Å². The standard InChI is InChI=1S/C26H19N5O15S4/c27-17-9-15(47(35,36)37)5-11-7-19(49(41,42)43)23(25(33)21(11)17)30-28-13-1-3-14(4-2-13)29-31-24-20(50(44,45)46)8-12-6-16(48(38,39)40)10-18(32)22(12)26(24)34/h1-10,32-34H,27H2,(H,35,36,37)(H,38,39,40)(H,41,42,43)(H,44,45,46). The number of anilines is 1. The van der Waals surface area contributed by atoms with Crippen LogP contribution in [0.4, 0.5) is 28.4 Å². The number of nitrogen functional groups attached to an aromatic ring is 1. The first-order valence-corrected chi connectivity index (χ1v) is 18.7. The Bertz CT molecular complexity index is 2600. The van der Waals surface area contributed by atoms with E-state index in [9.17, 15) is 67.2 Å². The van der Waals surface area contributed by atoms with Gasteiger partial charge in [0.15, 0.2) is 11.5 Å². The summed E-state index contributed by atoms with van der Waals surface area (Å²) in [5, 5.41) is 45.3. The van der Waals surface area contributed by atoms with E-state index in [2.05, 4.69) is 20.5 Å². The fourth-order valence-corrected chi connectivity index (χ4v) is 7.02. The van der Waals surface area contributed by atoms with Gasteiger partial charge in [0.05, 0.1) is 26.6 Å². The lowest BCUT2D eigenvalue weighted by atomic mass is 10.1. The van der Waals surface area contributed by atoms with Crippen molar-refractivity contribution in [3.8, 4) is 17.2 Å². The smallest absolute Gasteiger partial charge is 0.296 e. The first kappa shape index (κ1) is 36.0. The van der Waals surface area contributed by atoms with Gasteiger partial charge < -0.3 is 21.1 Å². The third kappa shape index (κ3) is 7.03. The van der Waals surface area contributed by atoms with Gasteiger partial charge in [0, 0.05) is 17.1 Å². The summed E-state index contributed by atoms with van der Waals surface area (Å²) in [6, 6.07) is 9.12. The molecule has 0 amide bonds. The molecule has 0 aromatic heterocycles. The van der Waals surface area contributed by atoms with Crippen molar-refractivity contribution in [1.29, 1.82) is 0 Å². The SMILES string of the molecule is Nc1cc(S(=O)(=O)O)cc2cc(S(=O)(=O)O)c(N=Nc3ccc(N=Nc4c(S(=O)(=O)O)cc5cc(S(=O)(=O)O)cc(O)c5c4O)cc3)c(O)c12. The predicted molar refractivity (Wildman–Crippen MR) is 171 cm³/mol. The molecule has 0 saturated carbocycles. The van der Waals surface area contributed by atoms with Crippen LogP contribution in [0.2, 0.25) is 0 Å². The van der Waals surface area contributed by atoms with E-state index < -0.39 is 105 Å². The van der Waals surface area contributed by atoms with Crippen molar-refractivity contribution in [3.05, 3.63) is 60.7 Å². The molecule has 0 fully saturated rings. The van der Waals surface area contributed by atoms with Crippen molar-refractivity contribution in [2.45, 2.75) is 19.6 Å². The van der Waals surface area contributed by atoms with Gasteiger partial charge in [-0.15, -0.1) is 10.2 Å². The summed E-state index contributed by atoms with van der Waals surface area (Å²) in [5.41, 5.74) is 3.67. The first-order chi connectivity index (χ1) is 23.0. The van der Waals surface area contributed by atoms with Gasteiger partial charge >= 0.3 is 0 Å². The van der Waals surface area contributed by atoms with Crippen molar-refractivity contribution in [2.75, 3.05) is 5.73 Å². The lowest BCUT2D eigenvalue weighted by molar-refractivity contribution is 0.457. The highest BCUT2D eigenvalue weighted by Crippen LogP contribution is 2.46. The Morgan fingerprint density at radius 1 is 0.480 bits per heavy atom. The molecule has 0 aliphatic rings. The Kier molecular flexibility index (Phi) is 8.78. The maximum atomic E-state index is 12.1. The van der Waals surface area contributed by atoms with Crippen LogP contribution in [-0.4, -0.2) is 67.2 Å². The fourth-order valence-electron chi connectivity index (χ4n) is 4.62. The predicted octanol–water partition coefficient (Wildman–Crippen LogP) is 4.51. The molecule has 0 aliphatic heterocycles. The summed E-state index contributed by atoms with van der Waals surface area (Å²) >= 11 is 0. The molecule has 262 valence electrons. The summed E-state index contributed by atoms with van der Waals surface area (Å²) in [7, 11) is -20.0. The number of fused-ring (bicyclic) bond motifs is 2. The Hall–Kier alpha value is -5.34. The van der Waals surface area contributed by atoms with Crippen LogP contribution in [0.25, 0.3) is 21.5 Å². The van der Waals surface area contributed by atoms with E-state index in [0.717, 1.165) is 24.3 Å². The summed E-state index contributed by atoms with van der Waals surface area (Å²) in [4.78, 5) is -3.64. The van der Waals surface area contributed by atoms with Crippen molar-refractivity contribution in [2.24, 2.45) is 20.5 Å². The average Bonchev–Trinajstić information content (AvgIpc) is 2.98. The van der Waals surface area contributed by atoms with Gasteiger partial charge in [0.25, 0.3) is 40.5 Å². The van der Waals surface area contributed by atoms with Gasteiger partial charge in [-0.05, 0) is 65.4 Å². The molecule has 5 rings (SSSR count). The van der Waals surface area contributed by atoms with E-state index >= 15 is 0 Å². The molecule has 0 atom stereocenters. The van der Waals surface area contributed by atoms with E-state index in [-0.39, 0.29) is 22.1 Å². The number of phenols is 3. The van der Waals surface area contributed by atoms with Gasteiger partial charge in [-0.1, -0.05) is 0 Å². The lowest BCUT2D eigenvalue weighted by Crippen LogP contribution is -2.02. The minimum absolute atomic E-state index is 0.0360. The number of phenolic OH excluding ortho intramolecular Hbond substituents is 3. The monoisotopic (exact) mass is 769 g/mol. The van der Waals surface area contributed by atoms with Crippen LogP contribution in [0, 0.1) is 0 Å². The summed E-state index contributed by atoms with van der Waals surface area (Å²) in [6.07, 6.45) is 0. The van der Waals surface area contributed by atoms with Crippen molar-refractivity contribution < 1.29 is 67.2 Å². The second-order valence-electron chi connectivity index (χ2n) is 10.1. The van der Waals surface area contributed by atoms with Gasteiger partial charge in [-0.3, -0.25) is 18.2 Å². The molecule has 0 unspecified atom stereocenters. The molecule has 9 N–H and O–H groups in total. The topological polar surface area (TPSA) is 354 Å². The van der Waals surface area contributed by atoms with E-state index in [0.29, 0.717) is 12.1 Å². The Balaban J connectivity index is 1.54. The van der Waals surface area contributed by atoms with E-state index in [1.807, 2.05) is 0 Å². The van der Waals surface area contributed by atoms with Crippen LogP contribution < -0.4 is 5.73 Å². The van der Waals surface area contributed by atoms with Crippen molar-refractivity contribution >= 4 is 90.5 Å². The molecular weight excluding hydrogens is 751 g/mol. The molecule has 20 nitrogen and oxygen atoms in total. The highest BCUT2D eigenvalue weighted by molar-refractivity contribution is 7.86. The van der Waals surface area contributed by atoms with Crippen LogP contribution in [-0.2, 0) is 40.5 Å². The van der Waals surface area contributed by atoms with Crippen LogP contribution in [0.5, 0.6) is 17.2 Å². The van der Waals surface area contributed by atoms with Gasteiger partial charge in [-0.25, -0.2) is 0 Å². The molecule has 0 radical (unpaired) electrons. The zero-order valence-electron chi connectivity index (χ0n) is 24.2. The maximum Gasteiger partial charge on any atom is 0.296 e. The van der Waals surface area contributed by atoms with Crippen LogP contribution in [0.3, 0.4) is 0 Å². The van der Waals surface area contributed by atoms with Gasteiger partial charge in [0.1, 0.15) is 26.9 Å². The number of nitrogens with zero attached hydrogens (tertiary/aromatic N) is 4. The number of benzene rings is 5. The molecule has 24 heteroatoms. The molecule has 5 aromatic carbocycles. The Morgan fingerprint density at radius 2 is 0.860 bits per heavy atom. The number of hydrogen-bond acceptors (Lipinski definition) is 16. The maximum absolute atomic E-state index is 12.1. The van der Waals surface area contributed by atoms with Gasteiger partial charge in [0.2, 0.25) is 0 Å². The highest BCUT2D eigenvalue weighted by atomic mass is 32.2. The minimum atomic E-state index is -5.16. The van der Waals surface area contributed by atoms with E-state index in [1.165, 1.54) is 24.3 Å². The third-order valence-electron chi connectivity index (χ3n) is 6.79. The molecule has 0 spiro atoms. The molecule has 0 aliphatic carbocycles. The minimum Gasteiger partial charge on any atom is -0.507 e. The zero-order valence-corrected chi connectivity index (χ0v) is 27.4. The van der Waals surface area contributed by atoms with Gasteiger partial charge in [-0.2, -0.15) is 43.9 Å². The Morgan fingerprint density at radius 3 is 1.26 bits per heavy atom. The lowest BCUT2D eigenvalue weighted by Gasteiger charge is -2.12. The van der Waals surface area contributed by atoms with Crippen molar-refractivity contribution in [1.82, 2.24) is 0 Å². The quantitative estimate of drug-likeness (QED) is 0.0611. The van der Waals surface area contributed by atoms with E-state index in [4.69, 9.17) is 5.73 Å². The summed E-state index contributed by atoms with van der Waals surface area (Å²) < 4.78 is 133. The molecule has 5 aromatic rings. The number of hydrogen-bond donors (Lipinski definition) is 8. The van der Waals surface area contributed by atoms with Crippen LogP contribution >= 0.6 is 0 Å². The Labute approximate surface area is 280 Å². The zero-order chi connectivity index (χ0) is 37.1. The number of aromatic hydroxyl groups is 3. The molecule has 50 heavy (non-hydrogen) atoms. The largest absolute Gasteiger partial charge is 0.507 e. The number of azo groups is 2. The highest BCUT2D eigenvalue weighted by Gasteiger charge is 2.26. The van der Waals surface area contributed by atoms with Crippen LogP contribution in [0.15, 0.2) is 101 Å². The third-order valence-corrected chi connectivity index (χ3v) is 10.2. The van der Waals surface area contributed by atoms with Crippen LogP contribution in [0.1, 0.15) is 0 Å². The number of nitrogens with two attached hydrogens (primary N) is 1. The molecule has 0 saturated heterocycles. The van der Waals surface area contributed by atoms with Crippen molar-refractivity contribution in [3.63, 3.8) is 0 Å². The first-order valence-electron chi connectivity index (χ1n) is 12.9. The summed E-state index contributed by atoms with van der Waals surface area (Å²) in [5.74, 6) is -2.86. The average molecular weight is 770 g/mol. The second kappa shape index (κ2) is 12.2. The molecule has 0 bridgehead atoms. The molecular formula is C26H19N5O15S4. The number of rotatable bonds is 8. The summed E-state index contributed by atoms with van der Waals surface area (Å²) in [6.45, 7) is 0. The normalized spacial score (nSPS) is 13.2. The fraction of sp³-hybridized carbons (Fsp3) is 0. The molecule has 0 heterocycles.